The van der Waals surface area contributed by atoms with Crippen molar-refractivity contribution >= 4 is 27.5 Å². The molecule has 0 spiro atoms. The smallest absolute Gasteiger partial charge is 0.235 e. The van der Waals surface area contributed by atoms with Crippen molar-refractivity contribution in [2.75, 3.05) is 18.5 Å². The van der Waals surface area contributed by atoms with Gasteiger partial charge in [0.05, 0.1) is 5.92 Å². The van der Waals surface area contributed by atoms with Crippen LogP contribution in [0.4, 0.5) is 5.69 Å². The molecule has 2 rings (SSSR count). The van der Waals surface area contributed by atoms with Crippen molar-refractivity contribution in [2.45, 2.75) is 5.92 Å². The number of amides is 1. The predicted molar refractivity (Wildman–Crippen MR) is 59.3 cm³/mol. The number of halogens is 1. The third-order valence-electron chi connectivity index (χ3n) is 2.59. The van der Waals surface area contributed by atoms with Crippen molar-refractivity contribution in [3.63, 3.8) is 0 Å². The Morgan fingerprint density at radius 1 is 1.57 bits per heavy atom. The second-order valence-electron chi connectivity index (χ2n) is 3.39. The first-order valence-corrected chi connectivity index (χ1v) is 5.21. The second kappa shape index (κ2) is 3.37. The summed E-state index contributed by atoms with van der Waals surface area (Å²) in [5.41, 5.74) is 7.57. The molecule has 1 aliphatic heterocycles. The normalized spacial score (nSPS) is 20.1. The van der Waals surface area contributed by atoms with E-state index < -0.39 is 0 Å². The van der Waals surface area contributed by atoms with Gasteiger partial charge in [-0.3, -0.25) is 4.79 Å². The van der Waals surface area contributed by atoms with Gasteiger partial charge in [0.15, 0.2) is 0 Å². The number of nitrogens with two attached hydrogens (primary N) is 1. The zero-order chi connectivity index (χ0) is 10.3. The minimum atomic E-state index is -0.164. The van der Waals surface area contributed by atoms with Crippen LogP contribution in [-0.4, -0.2) is 19.5 Å². The van der Waals surface area contributed by atoms with E-state index in [-0.39, 0.29) is 11.8 Å². The molecule has 0 bridgehead atoms. The van der Waals surface area contributed by atoms with E-state index in [1.807, 2.05) is 18.2 Å². The molecular weight excluding hydrogens is 244 g/mol. The van der Waals surface area contributed by atoms with Crippen LogP contribution in [-0.2, 0) is 4.79 Å². The molecule has 2 N–H and O–H groups in total. The molecule has 1 amide bonds. The Morgan fingerprint density at radius 3 is 2.93 bits per heavy atom. The topological polar surface area (TPSA) is 46.3 Å². The third-order valence-corrected chi connectivity index (χ3v) is 3.09. The van der Waals surface area contributed by atoms with Crippen molar-refractivity contribution in [1.82, 2.24) is 0 Å². The lowest BCUT2D eigenvalue weighted by atomic mass is 10.0. The summed E-state index contributed by atoms with van der Waals surface area (Å²) in [5.74, 6) is -0.0799. The molecule has 1 atom stereocenters. The van der Waals surface area contributed by atoms with Crippen LogP contribution >= 0.6 is 15.9 Å². The Hall–Kier alpha value is -0.870. The standard InChI is InChI=1S/C10H11BrN2O/c1-13-9-4-6(11)2-3-7(9)8(5-12)10(13)14/h2-4,8H,5,12H2,1H3. The van der Waals surface area contributed by atoms with E-state index in [4.69, 9.17) is 5.73 Å². The molecule has 0 fully saturated rings. The number of hydrogen-bond acceptors (Lipinski definition) is 2. The van der Waals surface area contributed by atoms with Crippen LogP contribution in [0.1, 0.15) is 11.5 Å². The number of fused-ring (bicyclic) bond motifs is 1. The quantitative estimate of drug-likeness (QED) is 0.825. The highest BCUT2D eigenvalue weighted by Crippen LogP contribution is 2.37. The highest BCUT2D eigenvalue weighted by Gasteiger charge is 2.33. The molecule has 1 heterocycles. The van der Waals surface area contributed by atoms with E-state index in [9.17, 15) is 4.79 Å². The van der Waals surface area contributed by atoms with Gasteiger partial charge in [0.2, 0.25) is 5.91 Å². The summed E-state index contributed by atoms with van der Waals surface area (Å²) in [6.45, 7) is 0.373. The van der Waals surface area contributed by atoms with E-state index in [2.05, 4.69) is 15.9 Å². The van der Waals surface area contributed by atoms with E-state index in [1.165, 1.54) is 0 Å². The Kier molecular flexibility index (Phi) is 2.33. The molecular formula is C10H11BrN2O. The first-order valence-electron chi connectivity index (χ1n) is 4.42. The van der Waals surface area contributed by atoms with Crippen LogP contribution in [0, 0.1) is 0 Å². The Morgan fingerprint density at radius 2 is 2.29 bits per heavy atom. The summed E-state index contributed by atoms with van der Waals surface area (Å²) in [4.78, 5) is 13.4. The van der Waals surface area contributed by atoms with Crippen molar-refractivity contribution < 1.29 is 4.79 Å². The highest BCUT2D eigenvalue weighted by molar-refractivity contribution is 9.10. The summed E-state index contributed by atoms with van der Waals surface area (Å²) >= 11 is 3.38. The maximum absolute atomic E-state index is 11.7. The van der Waals surface area contributed by atoms with Crippen LogP contribution in [0.3, 0.4) is 0 Å². The molecule has 74 valence electrons. The van der Waals surface area contributed by atoms with Gasteiger partial charge >= 0.3 is 0 Å². The molecule has 1 aliphatic rings. The molecule has 1 unspecified atom stereocenters. The lowest BCUT2D eigenvalue weighted by Crippen LogP contribution is -2.27. The number of anilines is 1. The van der Waals surface area contributed by atoms with E-state index >= 15 is 0 Å². The van der Waals surface area contributed by atoms with Gasteiger partial charge in [-0.1, -0.05) is 22.0 Å². The lowest BCUT2D eigenvalue weighted by Gasteiger charge is -2.09. The number of hydrogen-bond donors (Lipinski definition) is 1. The van der Waals surface area contributed by atoms with Crippen molar-refractivity contribution in [3.8, 4) is 0 Å². The number of likely N-dealkylation sites (N-methyl/N-ethyl adjacent to an activating group) is 1. The summed E-state index contributed by atoms with van der Waals surface area (Å²) < 4.78 is 0.980. The fourth-order valence-electron chi connectivity index (χ4n) is 1.82. The molecule has 0 aromatic heterocycles. The van der Waals surface area contributed by atoms with Gasteiger partial charge in [-0.2, -0.15) is 0 Å². The van der Waals surface area contributed by atoms with Gasteiger partial charge in [0.1, 0.15) is 0 Å². The third kappa shape index (κ3) is 1.26. The summed E-state index contributed by atoms with van der Waals surface area (Å²) in [6, 6.07) is 5.84. The van der Waals surface area contributed by atoms with Crippen LogP contribution in [0.25, 0.3) is 0 Å². The molecule has 0 saturated carbocycles. The fourth-order valence-corrected chi connectivity index (χ4v) is 2.16. The Labute approximate surface area is 91.0 Å². The average Bonchev–Trinajstić information content (AvgIpc) is 2.41. The lowest BCUT2D eigenvalue weighted by molar-refractivity contribution is -0.118. The number of rotatable bonds is 1. The largest absolute Gasteiger partial charge is 0.329 e. The van der Waals surface area contributed by atoms with E-state index in [1.54, 1.807) is 11.9 Å². The first-order chi connectivity index (χ1) is 6.65. The molecule has 14 heavy (non-hydrogen) atoms. The van der Waals surface area contributed by atoms with Crippen LogP contribution in [0.2, 0.25) is 0 Å². The second-order valence-corrected chi connectivity index (χ2v) is 4.30. The van der Waals surface area contributed by atoms with E-state index in [0.717, 1.165) is 15.7 Å². The summed E-state index contributed by atoms with van der Waals surface area (Å²) in [7, 11) is 1.78. The average molecular weight is 255 g/mol. The highest BCUT2D eigenvalue weighted by atomic mass is 79.9. The fraction of sp³-hybridized carbons (Fsp3) is 0.300. The van der Waals surface area contributed by atoms with Crippen molar-refractivity contribution in [1.29, 1.82) is 0 Å². The molecule has 3 nitrogen and oxygen atoms in total. The zero-order valence-corrected chi connectivity index (χ0v) is 9.41. The van der Waals surface area contributed by atoms with Gasteiger partial charge in [0, 0.05) is 23.8 Å². The minimum absolute atomic E-state index is 0.0839. The first kappa shape index (κ1) is 9.68. The van der Waals surface area contributed by atoms with Gasteiger partial charge in [0.25, 0.3) is 0 Å². The zero-order valence-electron chi connectivity index (χ0n) is 7.83. The van der Waals surface area contributed by atoms with Gasteiger partial charge < -0.3 is 10.6 Å². The maximum Gasteiger partial charge on any atom is 0.235 e. The van der Waals surface area contributed by atoms with Gasteiger partial charge in [-0.25, -0.2) is 0 Å². The molecule has 0 saturated heterocycles. The molecule has 1 aromatic rings. The van der Waals surface area contributed by atoms with Crippen LogP contribution < -0.4 is 10.6 Å². The molecule has 0 aliphatic carbocycles. The number of nitrogens with zero attached hydrogens (tertiary/aromatic N) is 1. The summed E-state index contributed by atoms with van der Waals surface area (Å²) in [6.07, 6.45) is 0. The van der Waals surface area contributed by atoms with Crippen molar-refractivity contribution in [3.05, 3.63) is 28.2 Å². The van der Waals surface area contributed by atoms with Gasteiger partial charge in [-0.15, -0.1) is 0 Å². The number of carbonyl (C=O) groups excluding carboxylic acids is 1. The van der Waals surface area contributed by atoms with E-state index in [0.29, 0.717) is 6.54 Å². The monoisotopic (exact) mass is 254 g/mol. The maximum atomic E-state index is 11.7. The SMILES string of the molecule is CN1C(=O)C(CN)c2ccc(Br)cc21. The Bertz CT molecular complexity index is 392. The number of benzene rings is 1. The number of carbonyl (C=O) groups is 1. The predicted octanol–water partition coefficient (Wildman–Crippen LogP) is 1.47. The van der Waals surface area contributed by atoms with Crippen molar-refractivity contribution in [2.24, 2.45) is 5.73 Å². The van der Waals surface area contributed by atoms with Crippen LogP contribution in [0.15, 0.2) is 22.7 Å². The van der Waals surface area contributed by atoms with Crippen LogP contribution in [0.5, 0.6) is 0 Å². The molecule has 0 radical (unpaired) electrons. The molecule has 4 heteroatoms. The van der Waals surface area contributed by atoms with Gasteiger partial charge in [-0.05, 0) is 17.7 Å². The molecule has 1 aromatic carbocycles. The minimum Gasteiger partial charge on any atom is -0.329 e. The Balaban J connectivity index is 2.55. The summed E-state index contributed by atoms with van der Waals surface area (Å²) in [5, 5.41) is 0.